The molecule has 2 amide bonds. The van der Waals surface area contributed by atoms with Crippen molar-refractivity contribution in [1.29, 1.82) is 0 Å². The Morgan fingerprint density at radius 2 is 2.26 bits per heavy atom. The summed E-state index contributed by atoms with van der Waals surface area (Å²) >= 11 is 0. The number of carbonyl (C=O) groups is 2. The van der Waals surface area contributed by atoms with Crippen LogP contribution in [0, 0.1) is 5.92 Å². The third kappa shape index (κ3) is 4.45. The van der Waals surface area contributed by atoms with Gasteiger partial charge in [-0.15, -0.1) is 12.4 Å². The maximum absolute atomic E-state index is 12.1. The van der Waals surface area contributed by atoms with Crippen molar-refractivity contribution in [3.63, 3.8) is 0 Å². The lowest BCUT2D eigenvalue weighted by atomic mass is 10.0. The van der Waals surface area contributed by atoms with E-state index in [1.165, 1.54) is 6.42 Å². The van der Waals surface area contributed by atoms with Gasteiger partial charge in [0, 0.05) is 12.1 Å². The molecule has 0 aromatic heterocycles. The number of fused-ring (bicyclic) bond motifs is 1. The highest BCUT2D eigenvalue weighted by Gasteiger charge is 2.20. The fourth-order valence-corrected chi connectivity index (χ4v) is 3.21. The van der Waals surface area contributed by atoms with Gasteiger partial charge in [0.2, 0.25) is 11.8 Å². The monoisotopic (exact) mass is 337 g/mol. The maximum atomic E-state index is 12.1. The Balaban J connectivity index is 0.00000192. The van der Waals surface area contributed by atoms with Gasteiger partial charge in [0.15, 0.2) is 0 Å². The largest absolute Gasteiger partial charge is 0.350 e. The quantitative estimate of drug-likeness (QED) is 0.771. The molecule has 0 radical (unpaired) electrons. The van der Waals surface area contributed by atoms with E-state index in [2.05, 4.69) is 16.0 Å². The van der Waals surface area contributed by atoms with Gasteiger partial charge >= 0.3 is 0 Å². The van der Waals surface area contributed by atoms with Crippen LogP contribution in [-0.2, 0) is 16.0 Å². The number of hydrogen-bond donors (Lipinski definition) is 3. The van der Waals surface area contributed by atoms with Gasteiger partial charge in [-0.25, -0.2) is 0 Å². The van der Waals surface area contributed by atoms with Crippen LogP contribution in [0.25, 0.3) is 0 Å². The summed E-state index contributed by atoms with van der Waals surface area (Å²) in [4.78, 5) is 23.5. The Bertz CT molecular complexity index is 585. The van der Waals surface area contributed by atoms with Crippen molar-refractivity contribution in [2.24, 2.45) is 5.92 Å². The molecule has 1 aromatic rings. The molecule has 1 fully saturated rings. The van der Waals surface area contributed by atoms with Gasteiger partial charge in [0.05, 0.1) is 12.5 Å². The van der Waals surface area contributed by atoms with Crippen LogP contribution in [0.4, 0.5) is 5.69 Å². The summed E-state index contributed by atoms with van der Waals surface area (Å²) in [5.74, 6) is 0.779. The van der Waals surface area contributed by atoms with Crippen LogP contribution in [0.5, 0.6) is 0 Å². The predicted octanol–water partition coefficient (Wildman–Crippen LogP) is 2.17. The Hall–Kier alpha value is -1.59. The average molecular weight is 338 g/mol. The predicted molar refractivity (Wildman–Crippen MR) is 92.8 cm³/mol. The lowest BCUT2D eigenvalue weighted by Crippen LogP contribution is -2.27. The molecular formula is C17H24ClN3O2. The number of benzene rings is 1. The van der Waals surface area contributed by atoms with Gasteiger partial charge < -0.3 is 16.0 Å². The Labute approximate surface area is 143 Å². The van der Waals surface area contributed by atoms with Crippen LogP contribution in [0.1, 0.15) is 43.4 Å². The second kappa shape index (κ2) is 7.79. The van der Waals surface area contributed by atoms with E-state index in [4.69, 9.17) is 0 Å². The molecule has 0 spiro atoms. The molecule has 0 aliphatic carbocycles. The topological polar surface area (TPSA) is 70.2 Å². The van der Waals surface area contributed by atoms with Crippen molar-refractivity contribution >= 4 is 29.9 Å². The Morgan fingerprint density at radius 1 is 1.43 bits per heavy atom. The van der Waals surface area contributed by atoms with Gasteiger partial charge in [-0.05, 0) is 56.0 Å². The first-order valence-corrected chi connectivity index (χ1v) is 8.04. The normalized spacial score (nSPS) is 20.4. The Kier molecular flexibility index (Phi) is 6.02. The van der Waals surface area contributed by atoms with E-state index in [9.17, 15) is 9.59 Å². The third-order valence-electron chi connectivity index (χ3n) is 4.57. The number of rotatable bonds is 5. The number of amides is 2. The highest BCUT2D eigenvalue weighted by atomic mass is 35.5. The van der Waals surface area contributed by atoms with Crippen LogP contribution in [0.2, 0.25) is 0 Å². The van der Waals surface area contributed by atoms with Crippen LogP contribution < -0.4 is 16.0 Å². The molecule has 5 nitrogen and oxygen atoms in total. The second-order valence-electron chi connectivity index (χ2n) is 6.33. The molecule has 3 rings (SSSR count). The first-order chi connectivity index (χ1) is 10.6. The minimum absolute atomic E-state index is 0. The van der Waals surface area contributed by atoms with Crippen molar-refractivity contribution in [3.05, 3.63) is 29.3 Å². The van der Waals surface area contributed by atoms with Gasteiger partial charge in [0.1, 0.15) is 0 Å². The molecule has 1 aromatic carbocycles. The van der Waals surface area contributed by atoms with Gasteiger partial charge in [-0.2, -0.15) is 0 Å². The number of anilines is 1. The summed E-state index contributed by atoms with van der Waals surface area (Å²) in [6.07, 6.45) is 3.14. The van der Waals surface area contributed by atoms with Gasteiger partial charge in [-0.3, -0.25) is 9.59 Å². The molecule has 1 saturated heterocycles. The van der Waals surface area contributed by atoms with E-state index in [0.29, 0.717) is 18.8 Å². The van der Waals surface area contributed by atoms with E-state index < -0.39 is 0 Å². The highest BCUT2D eigenvalue weighted by molar-refractivity contribution is 5.99. The van der Waals surface area contributed by atoms with Crippen LogP contribution in [-0.4, -0.2) is 24.9 Å². The van der Waals surface area contributed by atoms with Crippen LogP contribution >= 0.6 is 12.4 Å². The maximum Gasteiger partial charge on any atom is 0.228 e. The van der Waals surface area contributed by atoms with Gasteiger partial charge in [-0.1, -0.05) is 12.1 Å². The zero-order chi connectivity index (χ0) is 15.5. The van der Waals surface area contributed by atoms with Crippen LogP contribution in [0.3, 0.4) is 0 Å². The summed E-state index contributed by atoms with van der Waals surface area (Å²) in [6.45, 7) is 4.10. The number of nitrogens with one attached hydrogen (secondary N) is 3. The third-order valence-corrected chi connectivity index (χ3v) is 4.57. The zero-order valence-electron chi connectivity index (χ0n) is 13.4. The first-order valence-electron chi connectivity index (χ1n) is 8.04. The molecular weight excluding hydrogens is 314 g/mol. The molecule has 6 heteroatoms. The summed E-state index contributed by atoms with van der Waals surface area (Å²) in [6, 6.07) is 5.87. The molecule has 2 aliphatic rings. The van der Waals surface area contributed by atoms with Gasteiger partial charge in [0.25, 0.3) is 0 Å². The summed E-state index contributed by atoms with van der Waals surface area (Å²) in [5.41, 5.74) is 2.95. The lowest BCUT2D eigenvalue weighted by molar-refractivity contribution is -0.122. The molecule has 0 bridgehead atoms. The summed E-state index contributed by atoms with van der Waals surface area (Å²) in [5, 5.41) is 9.21. The number of carbonyl (C=O) groups excluding carboxylic acids is 2. The second-order valence-corrected chi connectivity index (χ2v) is 6.33. The standard InChI is InChI=1S/C17H23N3O2.ClH/c1-11(19-16(21)5-2-12-6-7-18-10-12)13-3-4-15-14(8-13)9-17(22)20-15;/h3-4,8,11-12,18H,2,5-7,9-10H2,1H3,(H,19,21)(H,20,22);1H. The minimum Gasteiger partial charge on any atom is -0.350 e. The zero-order valence-corrected chi connectivity index (χ0v) is 14.2. The average Bonchev–Trinajstić information content (AvgIpc) is 3.12. The minimum atomic E-state index is -0.0322. The smallest absolute Gasteiger partial charge is 0.228 e. The molecule has 23 heavy (non-hydrogen) atoms. The SMILES string of the molecule is CC(NC(=O)CCC1CCNC1)c1ccc2c(c1)CC(=O)N2.Cl. The molecule has 3 N–H and O–H groups in total. The van der Waals surface area contributed by atoms with Crippen molar-refractivity contribution in [2.45, 2.75) is 38.6 Å². The summed E-state index contributed by atoms with van der Waals surface area (Å²) in [7, 11) is 0. The van der Waals surface area contributed by atoms with E-state index in [-0.39, 0.29) is 30.3 Å². The van der Waals surface area contributed by atoms with Crippen molar-refractivity contribution < 1.29 is 9.59 Å². The van der Waals surface area contributed by atoms with E-state index in [0.717, 1.165) is 36.3 Å². The Morgan fingerprint density at radius 3 is 3.00 bits per heavy atom. The molecule has 2 heterocycles. The van der Waals surface area contributed by atoms with E-state index >= 15 is 0 Å². The number of halogens is 1. The fourth-order valence-electron chi connectivity index (χ4n) is 3.21. The number of hydrogen-bond acceptors (Lipinski definition) is 3. The van der Waals surface area contributed by atoms with Crippen molar-refractivity contribution in [3.8, 4) is 0 Å². The van der Waals surface area contributed by atoms with E-state index in [1.807, 2.05) is 25.1 Å². The van der Waals surface area contributed by atoms with Crippen molar-refractivity contribution in [2.75, 3.05) is 18.4 Å². The fraction of sp³-hybridized carbons (Fsp3) is 0.529. The lowest BCUT2D eigenvalue weighted by Gasteiger charge is -2.16. The van der Waals surface area contributed by atoms with Crippen LogP contribution in [0.15, 0.2) is 18.2 Å². The summed E-state index contributed by atoms with van der Waals surface area (Å²) < 4.78 is 0. The molecule has 0 saturated carbocycles. The molecule has 2 unspecified atom stereocenters. The molecule has 126 valence electrons. The molecule has 2 aliphatic heterocycles. The first kappa shape index (κ1) is 17.8. The highest BCUT2D eigenvalue weighted by Crippen LogP contribution is 2.26. The van der Waals surface area contributed by atoms with E-state index in [1.54, 1.807) is 0 Å². The molecule has 2 atom stereocenters. The van der Waals surface area contributed by atoms with Crippen molar-refractivity contribution in [1.82, 2.24) is 10.6 Å².